The second-order valence-corrected chi connectivity index (χ2v) is 5.86. The Hall–Kier alpha value is -2.32. The molecule has 0 saturated carbocycles. The first-order chi connectivity index (χ1) is 11.2. The van der Waals surface area contributed by atoms with Crippen LogP contribution in [-0.4, -0.2) is 0 Å². The van der Waals surface area contributed by atoms with E-state index in [2.05, 4.69) is 0 Å². The summed E-state index contributed by atoms with van der Waals surface area (Å²) in [7, 11) is 0. The molecule has 0 radical (unpaired) electrons. The molecule has 0 aliphatic carbocycles. The van der Waals surface area contributed by atoms with Gasteiger partial charge in [0.2, 0.25) is 0 Å². The van der Waals surface area contributed by atoms with E-state index in [1.54, 1.807) is 12.1 Å². The zero-order valence-electron chi connectivity index (χ0n) is 12.6. The second kappa shape index (κ2) is 7.30. The van der Waals surface area contributed by atoms with Gasteiger partial charge in [-0.15, -0.1) is 0 Å². The summed E-state index contributed by atoms with van der Waals surface area (Å²) >= 11 is 5.88. The van der Waals surface area contributed by atoms with Gasteiger partial charge in [0.15, 0.2) is 0 Å². The number of benzene rings is 3. The quantitative estimate of drug-likeness (QED) is 0.583. The third-order valence-electron chi connectivity index (χ3n) is 3.68. The Morgan fingerprint density at radius 1 is 0.739 bits per heavy atom. The van der Waals surface area contributed by atoms with Crippen molar-refractivity contribution in [3.63, 3.8) is 0 Å². The zero-order valence-corrected chi connectivity index (χ0v) is 13.4. The largest absolute Gasteiger partial charge is 0.361 e. The highest BCUT2D eigenvalue weighted by molar-refractivity contribution is 6.30. The summed E-state index contributed by atoms with van der Waals surface area (Å²) in [6.07, 6.45) is 0. The Morgan fingerprint density at radius 2 is 1.26 bits per heavy atom. The molecule has 3 heteroatoms. The fourth-order valence-corrected chi connectivity index (χ4v) is 2.73. The van der Waals surface area contributed by atoms with Gasteiger partial charge >= 0.3 is 0 Å². The van der Waals surface area contributed by atoms with E-state index in [1.807, 2.05) is 65.6 Å². The molecule has 0 saturated heterocycles. The van der Waals surface area contributed by atoms with Gasteiger partial charge in [-0.3, -0.25) is 0 Å². The minimum absolute atomic E-state index is 0.302. The van der Waals surface area contributed by atoms with Gasteiger partial charge in [-0.1, -0.05) is 72.3 Å². The topological polar surface area (TPSA) is 3.24 Å². The number of halogens is 2. The highest BCUT2D eigenvalue weighted by atomic mass is 35.5. The SMILES string of the molecule is Fc1cc(Cl)ccc1N(Cc1ccccc1)Cc1ccccc1. The molecular formula is C20H17ClFN. The average molecular weight is 326 g/mol. The maximum atomic E-state index is 14.4. The van der Waals surface area contributed by atoms with Crippen LogP contribution in [0.15, 0.2) is 78.9 Å². The summed E-state index contributed by atoms with van der Waals surface area (Å²) < 4.78 is 14.4. The molecule has 3 aromatic rings. The fourth-order valence-electron chi connectivity index (χ4n) is 2.57. The van der Waals surface area contributed by atoms with Crippen LogP contribution in [0.2, 0.25) is 5.02 Å². The van der Waals surface area contributed by atoms with Crippen molar-refractivity contribution >= 4 is 17.3 Å². The molecule has 0 aliphatic heterocycles. The van der Waals surface area contributed by atoms with E-state index < -0.39 is 0 Å². The third kappa shape index (κ3) is 4.11. The van der Waals surface area contributed by atoms with E-state index in [9.17, 15) is 4.39 Å². The first-order valence-electron chi connectivity index (χ1n) is 7.50. The molecule has 116 valence electrons. The van der Waals surface area contributed by atoms with Crippen LogP contribution < -0.4 is 4.90 Å². The van der Waals surface area contributed by atoms with Crippen molar-refractivity contribution in [1.82, 2.24) is 0 Å². The van der Waals surface area contributed by atoms with E-state index in [0.717, 1.165) is 11.1 Å². The van der Waals surface area contributed by atoms with Crippen molar-refractivity contribution in [2.24, 2.45) is 0 Å². The predicted octanol–water partition coefficient (Wildman–Crippen LogP) is 5.69. The van der Waals surface area contributed by atoms with Crippen LogP contribution in [0.25, 0.3) is 0 Å². The van der Waals surface area contributed by atoms with E-state index >= 15 is 0 Å². The molecule has 0 aromatic heterocycles. The lowest BCUT2D eigenvalue weighted by atomic mass is 10.1. The van der Waals surface area contributed by atoms with Crippen LogP contribution >= 0.6 is 11.6 Å². The van der Waals surface area contributed by atoms with Crippen molar-refractivity contribution in [3.05, 3.63) is 101 Å². The number of hydrogen-bond acceptors (Lipinski definition) is 1. The predicted molar refractivity (Wildman–Crippen MR) is 94.2 cm³/mol. The van der Waals surface area contributed by atoms with Crippen LogP contribution in [0.5, 0.6) is 0 Å². The third-order valence-corrected chi connectivity index (χ3v) is 3.92. The average Bonchev–Trinajstić information content (AvgIpc) is 2.56. The van der Waals surface area contributed by atoms with Gasteiger partial charge in [0.1, 0.15) is 5.82 Å². The molecule has 0 spiro atoms. The van der Waals surface area contributed by atoms with E-state index in [0.29, 0.717) is 23.8 Å². The zero-order chi connectivity index (χ0) is 16.1. The first-order valence-corrected chi connectivity index (χ1v) is 7.88. The summed E-state index contributed by atoms with van der Waals surface area (Å²) in [5.74, 6) is -0.302. The summed E-state index contributed by atoms with van der Waals surface area (Å²) in [4.78, 5) is 2.02. The standard InChI is InChI=1S/C20H17ClFN/c21-18-11-12-20(19(22)13-18)23(14-16-7-3-1-4-8-16)15-17-9-5-2-6-10-17/h1-13H,14-15H2. The minimum atomic E-state index is -0.302. The Morgan fingerprint density at radius 3 is 1.74 bits per heavy atom. The smallest absolute Gasteiger partial charge is 0.147 e. The Bertz CT molecular complexity index is 718. The van der Waals surface area contributed by atoms with Gasteiger partial charge in [0.05, 0.1) is 5.69 Å². The Labute approximate surface area is 141 Å². The lowest BCUT2D eigenvalue weighted by molar-refractivity contribution is 0.615. The molecule has 0 aliphatic rings. The second-order valence-electron chi connectivity index (χ2n) is 5.42. The molecule has 3 aromatic carbocycles. The fraction of sp³-hybridized carbons (Fsp3) is 0.100. The van der Waals surface area contributed by atoms with Gasteiger partial charge in [0, 0.05) is 18.1 Å². The summed E-state index contributed by atoms with van der Waals surface area (Å²) in [5, 5.41) is 0.408. The molecule has 0 unspecified atom stereocenters. The molecule has 1 nitrogen and oxygen atoms in total. The van der Waals surface area contributed by atoms with Gasteiger partial charge in [-0.2, -0.15) is 0 Å². The van der Waals surface area contributed by atoms with Gasteiger partial charge in [0.25, 0.3) is 0 Å². The van der Waals surface area contributed by atoms with Gasteiger partial charge in [-0.25, -0.2) is 4.39 Å². The molecule has 0 amide bonds. The molecule has 0 bridgehead atoms. The Balaban J connectivity index is 1.92. The van der Waals surface area contributed by atoms with E-state index in [1.165, 1.54) is 6.07 Å². The van der Waals surface area contributed by atoms with Crippen LogP contribution in [0.1, 0.15) is 11.1 Å². The molecular weight excluding hydrogens is 309 g/mol. The normalized spacial score (nSPS) is 10.5. The van der Waals surface area contributed by atoms with E-state index in [-0.39, 0.29) is 5.82 Å². The highest BCUT2D eigenvalue weighted by Crippen LogP contribution is 2.26. The molecule has 0 atom stereocenters. The number of nitrogens with zero attached hydrogens (tertiary/aromatic N) is 1. The van der Waals surface area contributed by atoms with Crippen molar-refractivity contribution in [3.8, 4) is 0 Å². The monoisotopic (exact) mass is 325 g/mol. The summed E-state index contributed by atoms with van der Waals surface area (Å²) in [5.41, 5.74) is 2.83. The Kier molecular flexibility index (Phi) is 4.94. The maximum absolute atomic E-state index is 14.4. The van der Waals surface area contributed by atoms with Gasteiger partial charge < -0.3 is 4.90 Å². The first kappa shape index (κ1) is 15.6. The molecule has 23 heavy (non-hydrogen) atoms. The number of rotatable bonds is 5. The van der Waals surface area contributed by atoms with Gasteiger partial charge in [-0.05, 0) is 29.3 Å². The summed E-state index contributed by atoms with van der Waals surface area (Å²) in [6.45, 7) is 1.27. The molecule has 0 N–H and O–H groups in total. The minimum Gasteiger partial charge on any atom is -0.361 e. The molecule has 3 rings (SSSR count). The lowest BCUT2D eigenvalue weighted by Crippen LogP contribution is -2.23. The van der Waals surface area contributed by atoms with Crippen molar-refractivity contribution in [2.75, 3.05) is 4.90 Å². The van der Waals surface area contributed by atoms with Crippen molar-refractivity contribution < 1.29 is 4.39 Å². The van der Waals surface area contributed by atoms with Crippen LogP contribution in [0.3, 0.4) is 0 Å². The lowest BCUT2D eigenvalue weighted by Gasteiger charge is -2.26. The maximum Gasteiger partial charge on any atom is 0.147 e. The number of anilines is 1. The number of hydrogen-bond donors (Lipinski definition) is 0. The molecule has 0 fully saturated rings. The van der Waals surface area contributed by atoms with E-state index in [4.69, 9.17) is 11.6 Å². The van der Waals surface area contributed by atoms with Crippen LogP contribution in [0, 0.1) is 5.82 Å². The van der Waals surface area contributed by atoms with Crippen LogP contribution in [0.4, 0.5) is 10.1 Å². The highest BCUT2D eigenvalue weighted by Gasteiger charge is 2.13. The van der Waals surface area contributed by atoms with Crippen molar-refractivity contribution in [2.45, 2.75) is 13.1 Å². The molecule has 0 heterocycles. The van der Waals surface area contributed by atoms with Crippen LogP contribution in [-0.2, 0) is 13.1 Å². The summed E-state index contributed by atoms with van der Waals surface area (Å²) in [6, 6.07) is 25.0. The van der Waals surface area contributed by atoms with Crippen molar-refractivity contribution in [1.29, 1.82) is 0 Å².